The molecule has 1 rings (SSSR count). The van der Waals surface area contributed by atoms with Crippen molar-refractivity contribution in [2.75, 3.05) is 18.1 Å². The number of piperidine rings is 1. The molecule has 0 N–H and O–H groups in total. The third kappa shape index (κ3) is 3.81. The Morgan fingerprint density at radius 1 is 1.25 bits per heavy atom. The average molecular weight is 243 g/mol. The van der Waals surface area contributed by atoms with Crippen molar-refractivity contribution in [2.45, 2.75) is 40.0 Å². The maximum atomic E-state index is 11.8. The summed E-state index contributed by atoms with van der Waals surface area (Å²) in [5, 5.41) is 0. The lowest BCUT2D eigenvalue weighted by Gasteiger charge is -2.34. The summed E-state index contributed by atoms with van der Waals surface area (Å²) in [7, 11) is 0. The van der Waals surface area contributed by atoms with E-state index in [1.54, 1.807) is 0 Å². The molecule has 1 aliphatic rings. The van der Waals surface area contributed by atoms with Gasteiger partial charge in [-0.25, -0.2) is 0 Å². The van der Waals surface area contributed by atoms with Crippen molar-refractivity contribution in [1.29, 1.82) is 0 Å². The second-order valence-corrected chi connectivity index (χ2v) is 6.40. The van der Waals surface area contributed by atoms with Crippen molar-refractivity contribution in [3.8, 4) is 0 Å². The van der Waals surface area contributed by atoms with Crippen molar-refractivity contribution >= 4 is 23.6 Å². The number of thioether (sulfide) groups is 1. The van der Waals surface area contributed by atoms with Crippen LogP contribution in [-0.4, -0.2) is 34.8 Å². The van der Waals surface area contributed by atoms with E-state index in [-0.39, 0.29) is 17.2 Å². The number of amides is 2. The fourth-order valence-electron chi connectivity index (χ4n) is 1.93. The third-order valence-electron chi connectivity index (χ3n) is 2.74. The van der Waals surface area contributed by atoms with Gasteiger partial charge in [0.15, 0.2) is 0 Å². The Morgan fingerprint density at radius 3 is 2.31 bits per heavy atom. The second kappa shape index (κ2) is 5.71. The minimum atomic E-state index is -0.150. The normalized spacial score (nSPS) is 20.3. The molecule has 1 fully saturated rings. The molecule has 0 aliphatic carbocycles. The molecule has 1 saturated heterocycles. The van der Waals surface area contributed by atoms with E-state index in [0.29, 0.717) is 19.4 Å². The fraction of sp³-hybridized carbons (Fsp3) is 0.833. The van der Waals surface area contributed by atoms with Gasteiger partial charge in [0.2, 0.25) is 11.8 Å². The van der Waals surface area contributed by atoms with Crippen LogP contribution >= 0.6 is 11.8 Å². The Morgan fingerprint density at radius 2 is 1.81 bits per heavy atom. The molecule has 0 unspecified atom stereocenters. The molecule has 1 heterocycles. The molecule has 0 saturated carbocycles. The summed E-state index contributed by atoms with van der Waals surface area (Å²) in [6.07, 6.45) is 1.91. The quantitative estimate of drug-likeness (QED) is 0.549. The van der Waals surface area contributed by atoms with Crippen molar-refractivity contribution in [3.63, 3.8) is 0 Å². The van der Waals surface area contributed by atoms with E-state index >= 15 is 0 Å². The number of carbonyl (C=O) groups is 2. The Hall–Kier alpha value is -0.510. The standard InChI is InChI=1S/C12H21NO2S/c1-4-16-7-5-6-13-10(14)8-12(2,3)9-11(13)15/h4-9H2,1-3H3. The van der Waals surface area contributed by atoms with Crippen molar-refractivity contribution < 1.29 is 9.59 Å². The zero-order valence-corrected chi connectivity index (χ0v) is 11.2. The summed E-state index contributed by atoms with van der Waals surface area (Å²) < 4.78 is 0. The Bertz CT molecular complexity index is 256. The van der Waals surface area contributed by atoms with Crippen LogP contribution in [0, 0.1) is 5.41 Å². The van der Waals surface area contributed by atoms with Crippen LogP contribution in [-0.2, 0) is 9.59 Å². The van der Waals surface area contributed by atoms with Gasteiger partial charge in [0.1, 0.15) is 0 Å². The summed E-state index contributed by atoms with van der Waals surface area (Å²) in [5.41, 5.74) is -0.150. The molecule has 0 aromatic heterocycles. The van der Waals surface area contributed by atoms with Crippen LogP contribution in [0.15, 0.2) is 0 Å². The molecule has 3 nitrogen and oxygen atoms in total. The molecule has 0 atom stereocenters. The van der Waals surface area contributed by atoms with E-state index in [9.17, 15) is 9.59 Å². The van der Waals surface area contributed by atoms with Crippen LogP contribution in [0.5, 0.6) is 0 Å². The first-order valence-corrected chi connectivity index (χ1v) is 7.03. The van der Waals surface area contributed by atoms with Crippen LogP contribution < -0.4 is 0 Å². The number of likely N-dealkylation sites (tertiary alicyclic amines) is 1. The van der Waals surface area contributed by atoms with Gasteiger partial charge in [-0.05, 0) is 23.3 Å². The molecule has 16 heavy (non-hydrogen) atoms. The van der Waals surface area contributed by atoms with Crippen molar-refractivity contribution in [2.24, 2.45) is 5.41 Å². The van der Waals surface area contributed by atoms with Crippen LogP contribution in [0.2, 0.25) is 0 Å². The smallest absolute Gasteiger partial charge is 0.229 e. The highest BCUT2D eigenvalue weighted by atomic mass is 32.2. The first kappa shape index (κ1) is 13.6. The SMILES string of the molecule is CCSCCCN1C(=O)CC(C)(C)CC1=O. The highest BCUT2D eigenvalue weighted by Gasteiger charge is 2.36. The van der Waals surface area contributed by atoms with Gasteiger partial charge in [-0.1, -0.05) is 20.8 Å². The fourth-order valence-corrected chi connectivity index (χ4v) is 2.55. The van der Waals surface area contributed by atoms with Gasteiger partial charge in [0, 0.05) is 19.4 Å². The van der Waals surface area contributed by atoms with Crippen LogP contribution in [0.3, 0.4) is 0 Å². The number of imide groups is 1. The molecular weight excluding hydrogens is 222 g/mol. The van der Waals surface area contributed by atoms with E-state index in [1.807, 2.05) is 25.6 Å². The lowest BCUT2D eigenvalue weighted by atomic mass is 9.82. The van der Waals surface area contributed by atoms with Gasteiger partial charge < -0.3 is 0 Å². The largest absolute Gasteiger partial charge is 0.283 e. The number of hydrogen-bond donors (Lipinski definition) is 0. The highest BCUT2D eigenvalue weighted by molar-refractivity contribution is 7.99. The van der Waals surface area contributed by atoms with E-state index in [4.69, 9.17) is 0 Å². The van der Waals surface area contributed by atoms with Crippen molar-refractivity contribution in [3.05, 3.63) is 0 Å². The second-order valence-electron chi connectivity index (χ2n) is 5.01. The molecule has 0 spiro atoms. The number of hydrogen-bond acceptors (Lipinski definition) is 3. The van der Waals surface area contributed by atoms with Gasteiger partial charge in [-0.3, -0.25) is 14.5 Å². The Labute approximate surface area is 102 Å². The molecule has 0 aromatic carbocycles. The average Bonchev–Trinajstić information content (AvgIpc) is 2.13. The molecule has 0 radical (unpaired) electrons. The first-order chi connectivity index (χ1) is 7.46. The summed E-state index contributed by atoms with van der Waals surface area (Å²) in [4.78, 5) is 25.0. The number of rotatable bonds is 5. The lowest BCUT2D eigenvalue weighted by molar-refractivity contribution is -0.152. The predicted octanol–water partition coefficient (Wildman–Crippen LogP) is 2.30. The minimum Gasteiger partial charge on any atom is -0.283 e. The topological polar surface area (TPSA) is 37.4 Å². The first-order valence-electron chi connectivity index (χ1n) is 5.87. The van der Waals surface area contributed by atoms with Gasteiger partial charge in [-0.15, -0.1) is 0 Å². The number of carbonyl (C=O) groups excluding carboxylic acids is 2. The minimum absolute atomic E-state index is 0.00254. The summed E-state index contributed by atoms with van der Waals surface area (Å²) in [5.74, 6) is 2.12. The maximum Gasteiger partial charge on any atom is 0.229 e. The van der Waals surface area contributed by atoms with E-state index in [2.05, 4.69) is 6.92 Å². The summed E-state index contributed by atoms with van der Waals surface area (Å²) >= 11 is 1.85. The number of nitrogens with zero attached hydrogens (tertiary/aromatic N) is 1. The molecule has 1 aliphatic heterocycles. The third-order valence-corrected chi connectivity index (χ3v) is 3.72. The molecular formula is C12H21NO2S. The molecule has 0 bridgehead atoms. The van der Waals surface area contributed by atoms with Crippen LogP contribution in [0.1, 0.15) is 40.0 Å². The van der Waals surface area contributed by atoms with Crippen LogP contribution in [0.25, 0.3) is 0 Å². The monoisotopic (exact) mass is 243 g/mol. The molecule has 92 valence electrons. The van der Waals surface area contributed by atoms with Crippen molar-refractivity contribution in [1.82, 2.24) is 4.90 Å². The van der Waals surface area contributed by atoms with Gasteiger partial charge >= 0.3 is 0 Å². The van der Waals surface area contributed by atoms with Gasteiger partial charge in [-0.2, -0.15) is 11.8 Å². The Balaban J connectivity index is 2.42. The van der Waals surface area contributed by atoms with Gasteiger partial charge in [0.05, 0.1) is 0 Å². The zero-order valence-electron chi connectivity index (χ0n) is 10.4. The zero-order chi connectivity index (χ0) is 12.2. The predicted molar refractivity (Wildman–Crippen MR) is 67.4 cm³/mol. The Kier molecular flexibility index (Phi) is 4.84. The summed E-state index contributed by atoms with van der Waals surface area (Å²) in [6, 6.07) is 0. The van der Waals surface area contributed by atoms with Crippen LogP contribution in [0.4, 0.5) is 0 Å². The molecule has 4 heteroatoms. The molecule has 0 aromatic rings. The van der Waals surface area contributed by atoms with Gasteiger partial charge in [0.25, 0.3) is 0 Å². The highest BCUT2D eigenvalue weighted by Crippen LogP contribution is 2.31. The van der Waals surface area contributed by atoms with E-state index in [0.717, 1.165) is 17.9 Å². The van der Waals surface area contributed by atoms with E-state index < -0.39 is 0 Å². The lowest BCUT2D eigenvalue weighted by Crippen LogP contribution is -2.46. The maximum absolute atomic E-state index is 11.8. The molecule has 2 amide bonds. The van der Waals surface area contributed by atoms with E-state index in [1.165, 1.54) is 4.90 Å². The summed E-state index contributed by atoms with van der Waals surface area (Å²) in [6.45, 7) is 6.67.